The van der Waals surface area contributed by atoms with Crippen LogP contribution in [0.15, 0.2) is 40.0 Å². The fraction of sp³-hybridized carbons (Fsp3) is 0.520. The molecule has 7 heteroatoms. The number of anilines is 1. The normalized spacial score (nSPS) is 24.1. The first-order valence-electron chi connectivity index (χ1n) is 11.3. The van der Waals surface area contributed by atoms with E-state index in [1.807, 2.05) is 13.1 Å². The number of allylic oxidation sites excluding steroid dienone is 2. The number of benzene rings is 1. The summed E-state index contributed by atoms with van der Waals surface area (Å²) in [5.74, 6) is 1.93. The van der Waals surface area contributed by atoms with E-state index in [1.54, 1.807) is 0 Å². The lowest BCUT2D eigenvalue weighted by molar-refractivity contribution is 0.551. The van der Waals surface area contributed by atoms with E-state index in [9.17, 15) is 0 Å². The smallest absolute Gasteiger partial charge is 0.156 e. The Morgan fingerprint density at radius 3 is 2.66 bits per heavy atom. The molecule has 1 aliphatic heterocycles. The van der Waals surface area contributed by atoms with Crippen molar-refractivity contribution < 1.29 is 0 Å². The molecule has 5 nitrogen and oxygen atoms in total. The molecule has 3 N–H and O–H groups in total. The summed E-state index contributed by atoms with van der Waals surface area (Å²) in [5.41, 5.74) is 5.14. The minimum atomic E-state index is -0.0544. The van der Waals surface area contributed by atoms with Gasteiger partial charge in [0.25, 0.3) is 0 Å². The van der Waals surface area contributed by atoms with Crippen molar-refractivity contribution >= 4 is 45.6 Å². The van der Waals surface area contributed by atoms with E-state index in [1.165, 1.54) is 6.42 Å². The van der Waals surface area contributed by atoms with Gasteiger partial charge in [0.1, 0.15) is 5.16 Å². The number of aromatic amines is 1. The Morgan fingerprint density at radius 1 is 1.31 bits per heavy atom. The molecular weight excluding hydrogens is 441 g/mol. The number of H-pyrrole nitrogens is 1. The average molecular weight is 474 g/mol. The predicted octanol–water partition coefficient (Wildman–Crippen LogP) is 6.27. The summed E-state index contributed by atoms with van der Waals surface area (Å²) < 4.78 is 0. The maximum atomic E-state index is 6.60. The van der Waals surface area contributed by atoms with E-state index < -0.39 is 0 Å². The molecule has 1 aromatic carbocycles. The van der Waals surface area contributed by atoms with E-state index >= 15 is 0 Å². The molecular formula is C25H33Cl2N5. The van der Waals surface area contributed by atoms with Crippen molar-refractivity contribution in [2.75, 3.05) is 18.9 Å². The Labute approximate surface area is 200 Å². The number of nitrogens with zero attached hydrogens (tertiary/aromatic N) is 2. The van der Waals surface area contributed by atoms with E-state index in [0.717, 1.165) is 44.2 Å². The van der Waals surface area contributed by atoms with Crippen LogP contribution in [0.4, 0.5) is 5.82 Å². The molecule has 0 amide bonds. The summed E-state index contributed by atoms with van der Waals surface area (Å²) >= 11 is 13.1. The van der Waals surface area contributed by atoms with Crippen molar-refractivity contribution in [2.45, 2.75) is 52.5 Å². The van der Waals surface area contributed by atoms with Gasteiger partial charge in [-0.1, -0.05) is 64.4 Å². The summed E-state index contributed by atoms with van der Waals surface area (Å²) in [6, 6.07) is 4.65. The minimum Gasteiger partial charge on any atom is -0.363 e. The number of halogens is 2. The van der Waals surface area contributed by atoms with Crippen LogP contribution in [0.1, 0.15) is 46.6 Å². The Morgan fingerprint density at radius 2 is 2.03 bits per heavy atom. The molecule has 1 saturated carbocycles. The summed E-state index contributed by atoms with van der Waals surface area (Å²) in [4.78, 5) is 4.69. The maximum absolute atomic E-state index is 6.60. The predicted molar refractivity (Wildman–Crippen MR) is 137 cm³/mol. The molecule has 0 radical (unpaired) electrons. The maximum Gasteiger partial charge on any atom is 0.156 e. The van der Waals surface area contributed by atoms with Crippen LogP contribution in [0.25, 0.3) is 10.9 Å². The fourth-order valence-corrected chi connectivity index (χ4v) is 5.60. The van der Waals surface area contributed by atoms with Gasteiger partial charge in [-0.3, -0.25) is 5.10 Å². The second-order valence-electron chi connectivity index (χ2n) is 10.2. The lowest BCUT2D eigenvalue weighted by Crippen LogP contribution is -2.22. The SMILES string of the molecule is C=C(C1=C(Cl)N=C(CNc2n[nH]c3cc(Cl)c(C(C)(C)C)cc23)C1C)C(C)[C@H]1C[C@@H]1NC. The summed E-state index contributed by atoms with van der Waals surface area (Å²) in [6.45, 7) is 15.8. The van der Waals surface area contributed by atoms with Gasteiger partial charge in [0.05, 0.1) is 12.1 Å². The van der Waals surface area contributed by atoms with Crippen LogP contribution in [-0.4, -0.2) is 35.5 Å². The van der Waals surface area contributed by atoms with Crippen molar-refractivity contribution in [2.24, 2.45) is 22.7 Å². The average Bonchev–Trinajstić information content (AvgIpc) is 3.33. The first-order valence-corrected chi connectivity index (χ1v) is 12.0. The Bertz CT molecular complexity index is 1120. The highest BCUT2D eigenvalue weighted by Gasteiger charge is 2.42. The van der Waals surface area contributed by atoms with Gasteiger partial charge in [0.2, 0.25) is 0 Å². The van der Waals surface area contributed by atoms with Crippen molar-refractivity contribution in [1.29, 1.82) is 0 Å². The second-order valence-corrected chi connectivity index (χ2v) is 11.0. The van der Waals surface area contributed by atoms with Gasteiger partial charge >= 0.3 is 0 Å². The summed E-state index contributed by atoms with van der Waals surface area (Å²) in [5, 5.41) is 16.7. The van der Waals surface area contributed by atoms with E-state index in [0.29, 0.717) is 29.6 Å². The Balaban J connectivity index is 1.48. The highest BCUT2D eigenvalue weighted by molar-refractivity contribution is 6.32. The molecule has 32 heavy (non-hydrogen) atoms. The number of hydrogen-bond acceptors (Lipinski definition) is 4. The number of aromatic nitrogens is 2. The van der Waals surface area contributed by atoms with E-state index in [2.05, 4.69) is 73.1 Å². The zero-order valence-electron chi connectivity index (χ0n) is 19.7. The fourth-order valence-electron chi connectivity index (χ4n) is 4.76. The highest BCUT2D eigenvalue weighted by atomic mass is 35.5. The van der Waals surface area contributed by atoms with Crippen molar-refractivity contribution in [1.82, 2.24) is 15.5 Å². The lowest BCUT2D eigenvalue weighted by atomic mass is 9.84. The van der Waals surface area contributed by atoms with Gasteiger partial charge in [-0.05, 0) is 54.0 Å². The Kier molecular flexibility index (Phi) is 6.21. The molecule has 4 rings (SSSR count). The molecule has 2 aliphatic rings. The number of hydrogen-bond donors (Lipinski definition) is 3. The molecule has 172 valence electrons. The van der Waals surface area contributed by atoms with Gasteiger partial charge in [0, 0.05) is 33.7 Å². The van der Waals surface area contributed by atoms with E-state index in [-0.39, 0.29) is 11.3 Å². The number of fused-ring (bicyclic) bond motifs is 1. The third-order valence-corrected chi connectivity index (χ3v) is 7.64. The van der Waals surface area contributed by atoms with E-state index in [4.69, 9.17) is 23.2 Å². The first-order chi connectivity index (χ1) is 15.0. The van der Waals surface area contributed by atoms with Crippen LogP contribution in [-0.2, 0) is 5.41 Å². The number of nitrogens with one attached hydrogen (secondary N) is 3. The minimum absolute atomic E-state index is 0.0544. The molecule has 0 saturated heterocycles. The largest absolute Gasteiger partial charge is 0.363 e. The molecule has 2 unspecified atom stereocenters. The van der Waals surface area contributed by atoms with Crippen LogP contribution in [0, 0.1) is 17.8 Å². The Hall–Kier alpha value is -1.82. The third kappa shape index (κ3) is 4.23. The molecule has 0 bridgehead atoms. The number of rotatable bonds is 7. The monoisotopic (exact) mass is 473 g/mol. The first kappa shape index (κ1) is 23.3. The summed E-state index contributed by atoms with van der Waals surface area (Å²) in [6.07, 6.45) is 1.19. The molecule has 1 aromatic heterocycles. The highest BCUT2D eigenvalue weighted by Crippen LogP contribution is 2.45. The molecule has 1 aliphatic carbocycles. The van der Waals surface area contributed by atoms with Crippen molar-refractivity contribution in [3.8, 4) is 0 Å². The zero-order chi connectivity index (χ0) is 23.4. The molecule has 2 aromatic rings. The quantitative estimate of drug-likeness (QED) is 0.415. The molecule has 1 fully saturated rings. The van der Waals surface area contributed by atoms with Crippen LogP contribution in [0.3, 0.4) is 0 Å². The van der Waals surface area contributed by atoms with Gasteiger partial charge in [-0.15, -0.1) is 0 Å². The van der Waals surface area contributed by atoms with Crippen LogP contribution in [0.5, 0.6) is 0 Å². The lowest BCUT2D eigenvalue weighted by Gasteiger charge is -2.21. The topological polar surface area (TPSA) is 65.1 Å². The number of aliphatic imine (C=N–C) groups is 1. The van der Waals surface area contributed by atoms with Gasteiger partial charge < -0.3 is 10.6 Å². The van der Waals surface area contributed by atoms with Gasteiger partial charge in [0.15, 0.2) is 5.82 Å². The van der Waals surface area contributed by atoms with Gasteiger partial charge in [-0.2, -0.15) is 5.10 Å². The third-order valence-electron chi connectivity index (χ3n) is 7.04. The zero-order valence-corrected chi connectivity index (χ0v) is 21.2. The van der Waals surface area contributed by atoms with Crippen molar-refractivity contribution in [3.05, 3.63) is 45.6 Å². The molecule has 4 atom stereocenters. The van der Waals surface area contributed by atoms with Gasteiger partial charge in [-0.25, -0.2) is 4.99 Å². The standard InChI is InChI=1S/C25H33Cl2N5/c1-12(15-9-19(15)28-7)13(2)22-14(3)21(30-23(22)27)11-29-24-16-8-17(25(4,5)6)18(26)10-20(16)31-32-24/h8,10,12,14-15,19,28H,2,9,11H2,1,3-7H3,(H2,29,31,32)/t12?,14?,15-,19+/m1/s1. The van der Waals surface area contributed by atoms with Crippen LogP contribution in [0.2, 0.25) is 5.02 Å². The van der Waals surface area contributed by atoms with Crippen molar-refractivity contribution in [3.63, 3.8) is 0 Å². The van der Waals surface area contributed by atoms with Crippen LogP contribution < -0.4 is 10.6 Å². The van der Waals surface area contributed by atoms with Crippen LogP contribution >= 0.6 is 23.2 Å². The second kappa shape index (κ2) is 8.51. The molecule has 2 heterocycles. The molecule has 0 spiro atoms. The summed E-state index contributed by atoms with van der Waals surface area (Å²) in [7, 11) is 2.02.